The summed E-state index contributed by atoms with van der Waals surface area (Å²) in [6.07, 6.45) is 3.18. The number of aromatic nitrogens is 2. The molecule has 1 atom stereocenters. The number of piperidine rings is 1. The monoisotopic (exact) mass is 251 g/mol. The zero-order valence-corrected chi connectivity index (χ0v) is 10.6. The van der Waals surface area contributed by atoms with Crippen LogP contribution < -0.4 is 10.6 Å². The van der Waals surface area contributed by atoms with E-state index in [2.05, 4.69) is 16.9 Å². The minimum absolute atomic E-state index is 0.0297. The Balaban J connectivity index is 2.50. The van der Waals surface area contributed by atoms with Crippen LogP contribution in [0, 0.1) is 17.0 Å². The first-order chi connectivity index (χ1) is 8.50. The third-order valence-electron chi connectivity index (χ3n) is 3.31. The molecule has 2 N–H and O–H groups in total. The second kappa shape index (κ2) is 4.75. The Hall–Kier alpha value is -1.92. The van der Waals surface area contributed by atoms with Gasteiger partial charge in [0.05, 0.1) is 4.92 Å². The number of aryl methyl sites for hydroxylation is 1. The molecular weight excluding hydrogens is 234 g/mol. The van der Waals surface area contributed by atoms with Gasteiger partial charge in [0, 0.05) is 12.6 Å². The van der Waals surface area contributed by atoms with E-state index in [1.54, 1.807) is 6.92 Å². The highest BCUT2D eigenvalue weighted by atomic mass is 16.6. The van der Waals surface area contributed by atoms with Gasteiger partial charge in [-0.15, -0.1) is 0 Å². The molecule has 1 fully saturated rings. The summed E-state index contributed by atoms with van der Waals surface area (Å²) in [4.78, 5) is 20.7. The molecule has 1 aliphatic heterocycles. The number of hydrogen-bond donors (Lipinski definition) is 1. The highest BCUT2D eigenvalue weighted by molar-refractivity contribution is 5.62. The molecule has 18 heavy (non-hydrogen) atoms. The Morgan fingerprint density at radius 1 is 1.44 bits per heavy atom. The second-order valence-electron chi connectivity index (χ2n) is 4.63. The van der Waals surface area contributed by atoms with Crippen LogP contribution in [0.2, 0.25) is 0 Å². The summed E-state index contributed by atoms with van der Waals surface area (Å²) in [6, 6.07) is 0.242. The van der Waals surface area contributed by atoms with Gasteiger partial charge in [0.25, 0.3) is 0 Å². The lowest BCUT2D eigenvalue weighted by atomic mass is 10.0. The van der Waals surface area contributed by atoms with E-state index >= 15 is 0 Å². The predicted octanol–water partition coefficient (Wildman–Crippen LogP) is 1.65. The summed E-state index contributed by atoms with van der Waals surface area (Å²) in [6.45, 7) is 4.42. The van der Waals surface area contributed by atoms with Crippen LogP contribution >= 0.6 is 0 Å². The van der Waals surface area contributed by atoms with Crippen molar-refractivity contribution in [2.45, 2.75) is 39.2 Å². The molecule has 0 saturated carbocycles. The number of anilines is 2. The summed E-state index contributed by atoms with van der Waals surface area (Å²) in [5.41, 5.74) is 5.90. The van der Waals surface area contributed by atoms with E-state index in [-0.39, 0.29) is 17.7 Å². The molecule has 1 aliphatic rings. The van der Waals surface area contributed by atoms with Gasteiger partial charge in [-0.05, 0) is 33.1 Å². The quantitative estimate of drug-likeness (QED) is 0.634. The molecule has 0 amide bonds. The van der Waals surface area contributed by atoms with Crippen LogP contribution in [0.1, 0.15) is 31.9 Å². The predicted molar refractivity (Wildman–Crippen MR) is 68.5 cm³/mol. The van der Waals surface area contributed by atoms with Gasteiger partial charge in [0.15, 0.2) is 0 Å². The Kier molecular flexibility index (Phi) is 3.31. The lowest BCUT2D eigenvalue weighted by Crippen LogP contribution is -2.38. The van der Waals surface area contributed by atoms with Gasteiger partial charge < -0.3 is 10.6 Å². The Morgan fingerprint density at radius 2 is 2.17 bits per heavy atom. The lowest BCUT2D eigenvalue weighted by Gasteiger charge is -2.34. The van der Waals surface area contributed by atoms with Crippen molar-refractivity contribution in [3.63, 3.8) is 0 Å². The van der Waals surface area contributed by atoms with E-state index < -0.39 is 4.92 Å². The van der Waals surface area contributed by atoms with Crippen LogP contribution in [0.15, 0.2) is 0 Å². The van der Waals surface area contributed by atoms with E-state index in [0.29, 0.717) is 11.5 Å². The number of nitrogens with two attached hydrogens (primary N) is 1. The normalized spacial score (nSPS) is 19.9. The first-order valence-electron chi connectivity index (χ1n) is 6.06. The van der Waals surface area contributed by atoms with E-state index in [9.17, 15) is 10.1 Å². The fraction of sp³-hybridized carbons (Fsp3) is 0.636. The highest BCUT2D eigenvalue weighted by Crippen LogP contribution is 2.33. The molecule has 2 rings (SSSR count). The van der Waals surface area contributed by atoms with Gasteiger partial charge in [-0.2, -0.15) is 4.98 Å². The SMILES string of the molecule is Cc1nc(N)nc(N2CCCCC2C)c1[N+](=O)[O-]. The maximum atomic E-state index is 11.2. The Morgan fingerprint density at radius 3 is 2.78 bits per heavy atom. The van der Waals surface area contributed by atoms with Gasteiger partial charge in [-0.1, -0.05) is 0 Å². The zero-order valence-electron chi connectivity index (χ0n) is 10.6. The summed E-state index contributed by atoms with van der Waals surface area (Å²) < 4.78 is 0. The summed E-state index contributed by atoms with van der Waals surface area (Å²) in [5, 5.41) is 11.2. The fourth-order valence-corrected chi connectivity index (χ4v) is 2.40. The number of nitro groups is 1. The summed E-state index contributed by atoms with van der Waals surface area (Å²) >= 11 is 0. The molecule has 7 heteroatoms. The molecule has 0 aromatic carbocycles. The molecule has 98 valence electrons. The zero-order chi connectivity index (χ0) is 13.3. The second-order valence-corrected chi connectivity index (χ2v) is 4.63. The Bertz CT molecular complexity index is 477. The van der Waals surface area contributed by atoms with Crippen molar-refractivity contribution >= 4 is 17.5 Å². The van der Waals surface area contributed by atoms with Gasteiger partial charge in [-0.3, -0.25) is 10.1 Å². The van der Waals surface area contributed by atoms with Crippen molar-refractivity contribution in [3.05, 3.63) is 15.8 Å². The molecule has 7 nitrogen and oxygen atoms in total. The molecule has 0 aliphatic carbocycles. The summed E-state index contributed by atoms with van der Waals surface area (Å²) in [7, 11) is 0. The summed E-state index contributed by atoms with van der Waals surface area (Å²) in [5.74, 6) is 0.447. The molecule has 0 bridgehead atoms. The number of hydrogen-bond acceptors (Lipinski definition) is 6. The first kappa shape index (κ1) is 12.5. The third-order valence-corrected chi connectivity index (χ3v) is 3.31. The van der Waals surface area contributed by atoms with E-state index in [0.717, 1.165) is 25.8 Å². The minimum atomic E-state index is -0.425. The molecule has 0 radical (unpaired) electrons. The smallest absolute Gasteiger partial charge is 0.332 e. The van der Waals surface area contributed by atoms with Crippen molar-refractivity contribution in [3.8, 4) is 0 Å². The minimum Gasteiger partial charge on any atom is -0.368 e. The number of rotatable bonds is 2. The first-order valence-corrected chi connectivity index (χ1v) is 6.06. The number of nitrogens with zero attached hydrogens (tertiary/aromatic N) is 4. The van der Waals surface area contributed by atoms with Crippen LogP contribution in [-0.2, 0) is 0 Å². The molecule has 2 heterocycles. The average Bonchev–Trinajstić information content (AvgIpc) is 2.27. The largest absolute Gasteiger partial charge is 0.368 e. The van der Waals surface area contributed by atoms with Crippen molar-refractivity contribution in [1.29, 1.82) is 0 Å². The van der Waals surface area contributed by atoms with Gasteiger partial charge >= 0.3 is 5.69 Å². The third kappa shape index (κ3) is 2.20. The van der Waals surface area contributed by atoms with Crippen LogP contribution in [0.25, 0.3) is 0 Å². The van der Waals surface area contributed by atoms with Crippen molar-refractivity contribution in [2.75, 3.05) is 17.2 Å². The molecular formula is C11H17N5O2. The van der Waals surface area contributed by atoms with Crippen molar-refractivity contribution in [1.82, 2.24) is 9.97 Å². The molecule has 0 spiro atoms. The van der Waals surface area contributed by atoms with Crippen LogP contribution in [0.3, 0.4) is 0 Å². The topological polar surface area (TPSA) is 98.2 Å². The molecule has 1 unspecified atom stereocenters. The standard InChI is InChI=1S/C11H17N5O2/c1-7-5-3-4-6-15(7)10-9(16(17)18)8(2)13-11(12)14-10/h7H,3-6H2,1-2H3,(H2,12,13,14). The molecule has 1 aromatic rings. The average molecular weight is 251 g/mol. The van der Waals surface area contributed by atoms with Crippen LogP contribution in [0.4, 0.5) is 17.5 Å². The number of nitrogen functional groups attached to an aromatic ring is 1. The molecule has 1 saturated heterocycles. The maximum Gasteiger partial charge on any atom is 0.332 e. The van der Waals surface area contributed by atoms with E-state index in [4.69, 9.17) is 5.73 Å². The fourth-order valence-electron chi connectivity index (χ4n) is 2.40. The van der Waals surface area contributed by atoms with Gasteiger partial charge in [-0.25, -0.2) is 4.98 Å². The van der Waals surface area contributed by atoms with Gasteiger partial charge in [0.2, 0.25) is 11.8 Å². The van der Waals surface area contributed by atoms with E-state index in [1.165, 1.54) is 0 Å². The van der Waals surface area contributed by atoms with Crippen molar-refractivity contribution < 1.29 is 4.92 Å². The maximum absolute atomic E-state index is 11.2. The van der Waals surface area contributed by atoms with E-state index in [1.807, 2.05) is 4.90 Å². The Labute approximate surface area is 105 Å². The molecule has 1 aromatic heterocycles. The van der Waals surface area contributed by atoms with Crippen LogP contribution in [-0.4, -0.2) is 27.5 Å². The van der Waals surface area contributed by atoms with Crippen molar-refractivity contribution in [2.24, 2.45) is 0 Å². The lowest BCUT2D eigenvalue weighted by molar-refractivity contribution is -0.385. The highest BCUT2D eigenvalue weighted by Gasteiger charge is 2.29. The van der Waals surface area contributed by atoms with Gasteiger partial charge in [0.1, 0.15) is 5.69 Å². The van der Waals surface area contributed by atoms with Crippen LogP contribution in [0.5, 0.6) is 0 Å².